The molecular formula is C27H26N4O2S. The molecule has 0 spiro atoms. The number of imidazole rings is 1. The van der Waals surface area contributed by atoms with Crippen molar-refractivity contribution in [2.24, 2.45) is 0 Å². The van der Waals surface area contributed by atoms with E-state index in [4.69, 9.17) is 0 Å². The van der Waals surface area contributed by atoms with Gasteiger partial charge in [-0.25, -0.2) is 4.98 Å². The smallest absolute Gasteiger partial charge is 0.251 e. The van der Waals surface area contributed by atoms with E-state index in [2.05, 4.69) is 15.6 Å². The van der Waals surface area contributed by atoms with Crippen LogP contribution in [0.3, 0.4) is 0 Å². The number of amides is 2. The van der Waals surface area contributed by atoms with Crippen molar-refractivity contribution in [2.75, 3.05) is 11.1 Å². The lowest BCUT2D eigenvalue weighted by molar-refractivity contribution is -0.113. The minimum atomic E-state index is -0.126. The van der Waals surface area contributed by atoms with Gasteiger partial charge in [0, 0.05) is 35.9 Å². The van der Waals surface area contributed by atoms with Crippen LogP contribution < -0.4 is 10.6 Å². The average Bonchev–Trinajstić information content (AvgIpc) is 3.33. The summed E-state index contributed by atoms with van der Waals surface area (Å²) in [5.41, 5.74) is 5.46. The Morgan fingerprint density at radius 2 is 1.74 bits per heavy atom. The molecule has 34 heavy (non-hydrogen) atoms. The third kappa shape index (κ3) is 5.94. The topological polar surface area (TPSA) is 76.0 Å². The van der Waals surface area contributed by atoms with Crippen LogP contribution in [0.25, 0.3) is 5.69 Å². The van der Waals surface area contributed by atoms with Crippen molar-refractivity contribution < 1.29 is 9.59 Å². The normalized spacial score (nSPS) is 10.6. The van der Waals surface area contributed by atoms with E-state index in [9.17, 15) is 9.59 Å². The summed E-state index contributed by atoms with van der Waals surface area (Å²) in [5, 5.41) is 6.62. The summed E-state index contributed by atoms with van der Waals surface area (Å²) in [6.07, 6.45) is 3.54. The Hall–Kier alpha value is -3.84. The summed E-state index contributed by atoms with van der Waals surface area (Å²) < 4.78 is 1.90. The number of thioether (sulfide) groups is 1. The van der Waals surface area contributed by atoms with Crippen LogP contribution >= 0.6 is 11.8 Å². The minimum Gasteiger partial charge on any atom is -0.348 e. The maximum atomic E-state index is 12.5. The number of aryl methyl sites for hydroxylation is 2. The van der Waals surface area contributed by atoms with Gasteiger partial charge in [-0.1, -0.05) is 54.2 Å². The lowest BCUT2D eigenvalue weighted by atomic mass is 10.1. The molecule has 7 heteroatoms. The van der Waals surface area contributed by atoms with Crippen LogP contribution in [0.5, 0.6) is 0 Å². The van der Waals surface area contributed by atoms with E-state index in [1.165, 1.54) is 11.8 Å². The van der Waals surface area contributed by atoms with Crippen LogP contribution in [-0.4, -0.2) is 27.1 Å². The van der Waals surface area contributed by atoms with E-state index in [1.807, 2.05) is 85.3 Å². The first kappa shape index (κ1) is 23.3. The first-order valence-electron chi connectivity index (χ1n) is 11.0. The molecule has 0 aliphatic carbocycles. The molecule has 1 heterocycles. The number of carbonyl (C=O) groups is 2. The molecule has 0 unspecified atom stereocenters. The molecule has 0 fully saturated rings. The fourth-order valence-corrected chi connectivity index (χ4v) is 4.21. The first-order valence-corrected chi connectivity index (χ1v) is 11.9. The van der Waals surface area contributed by atoms with Gasteiger partial charge in [-0.2, -0.15) is 0 Å². The molecule has 1 aromatic heterocycles. The molecule has 0 atom stereocenters. The van der Waals surface area contributed by atoms with Gasteiger partial charge in [0.05, 0.1) is 5.75 Å². The standard InChI is InChI=1S/C27H26N4O2S/c1-19-8-9-20(2)24(16-19)30-25(32)18-34-27-28-14-15-31(27)23-12-10-22(11-13-23)26(33)29-17-21-6-4-3-5-7-21/h3-16H,17-18H2,1-2H3,(H,29,33)(H,30,32). The van der Waals surface area contributed by atoms with Crippen LogP contribution in [-0.2, 0) is 11.3 Å². The first-order chi connectivity index (χ1) is 16.5. The summed E-state index contributed by atoms with van der Waals surface area (Å²) in [5.74, 6) is 0.0297. The highest BCUT2D eigenvalue weighted by atomic mass is 32.2. The Balaban J connectivity index is 1.35. The summed E-state index contributed by atoms with van der Waals surface area (Å²) in [6, 6.07) is 23.1. The number of nitrogens with one attached hydrogen (secondary N) is 2. The van der Waals surface area contributed by atoms with E-state index in [-0.39, 0.29) is 17.6 Å². The number of benzene rings is 3. The van der Waals surface area contributed by atoms with E-state index in [0.29, 0.717) is 17.3 Å². The van der Waals surface area contributed by atoms with Gasteiger partial charge < -0.3 is 10.6 Å². The monoisotopic (exact) mass is 470 g/mol. The zero-order valence-corrected chi connectivity index (χ0v) is 19.9. The molecule has 172 valence electrons. The molecule has 0 radical (unpaired) electrons. The van der Waals surface area contributed by atoms with Crippen LogP contribution in [0.4, 0.5) is 5.69 Å². The Bertz CT molecular complexity index is 1280. The quantitative estimate of drug-likeness (QED) is 0.349. The number of carbonyl (C=O) groups excluding carboxylic acids is 2. The van der Waals surface area contributed by atoms with Gasteiger partial charge in [-0.15, -0.1) is 0 Å². The van der Waals surface area contributed by atoms with Gasteiger partial charge in [-0.05, 0) is 60.9 Å². The second-order valence-electron chi connectivity index (χ2n) is 7.95. The van der Waals surface area contributed by atoms with Crippen LogP contribution in [0.1, 0.15) is 27.0 Å². The second kappa shape index (κ2) is 10.9. The average molecular weight is 471 g/mol. The zero-order valence-electron chi connectivity index (χ0n) is 19.1. The largest absolute Gasteiger partial charge is 0.348 e. The third-order valence-electron chi connectivity index (χ3n) is 5.31. The molecule has 4 aromatic rings. The van der Waals surface area contributed by atoms with Crippen LogP contribution in [0, 0.1) is 13.8 Å². The number of rotatable bonds is 8. The van der Waals surface area contributed by atoms with Gasteiger partial charge in [0.25, 0.3) is 5.91 Å². The van der Waals surface area contributed by atoms with E-state index >= 15 is 0 Å². The molecule has 0 aliphatic rings. The molecule has 2 amide bonds. The molecule has 3 aromatic carbocycles. The molecule has 6 nitrogen and oxygen atoms in total. The molecule has 2 N–H and O–H groups in total. The van der Waals surface area contributed by atoms with Gasteiger partial charge in [-0.3, -0.25) is 14.2 Å². The van der Waals surface area contributed by atoms with Crippen molar-refractivity contribution in [2.45, 2.75) is 25.5 Å². The van der Waals surface area contributed by atoms with Crippen molar-refractivity contribution in [1.29, 1.82) is 0 Å². The summed E-state index contributed by atoms with van der Waals surface area (Å²) in [4.78, 5) is 29.4. The van der Waals surface area contributed by atoms with Crippen molar-refractivity contribution in [3.63, 3.8) is 0 Å². The summed E-state index contributed by atoms with van der Waals surface area (Å²) >= 11 is 1.36. The van der Waals surface area contributed by atoms with Crippen molar-refractivity contribution >= 4 is 29.3 Å². The van der Waals surface area contributed by atoms with Gasteiger partial charge in [0.1, 0.15) is 0 Å². The molecule has 0 aliphatic heterocycles. The fourth-order valence-electron chi connectivity index (χ4n) is 3.43. The summed E-state index contributed by atoms with van der Waals surface area (Å²) in [6.45, 7) is 4.45. The molecule has 0 saturated heterocycles. The molecule has 4 rings (SSSR count). The van der Waals surface area contributed by atoms with Crippen molar-refractivity contribution in [1.82, 2.24) is 14.9 Å². The minimum absolute atomic E-state index is 0.0846. The molecule has 0 saturated carbocycles. The van der Waals surface area contributed by atoms with Gasteiger partial charge >= 0.3 is 0 Å². The van der Waals surface area contributed by atoms with Gasteiger partial charge in [0.15, 0.2) is 5.16 Å². The van der Waals surface area contributed by atoms with E-state index in [0.717, 1.165) is 28.1 Å². The zero-order chi connectivity index (χ0) is 23.9. The Morgan fingerprint density at radius 1 is 0.971 bits per heavy atom. The second-order valence-corrected chi connectivity index (χ2v) is 8.89. The number of anilines is 1. The van der Waals surface area contributed by atoms with E-state index in [1.54, 1.807) is 18.3 Å². The summed E-state index contributed by atoms with van der Waals surface area (Å²) in [7, 11) is 0. The van der Waals surface area contributed by atoms with Crippen LogP contribution in [0.15, 0.2) is 90.3 Å². The number of aromatic nitrogens is 2. The van der Waals surface area contributed by atoms with Crippen molar-refractivity contribution in [3.05, 3.63) is 107 Å². The Labute approximate surface area is 203 Å². The third-order valence-corrected chi connectivity index (χ3v) is 6.28. The predicted molar refractivity (Wildman–Crippen MR) is 136 cm³/mol. The highest BCUT2D eigenvalue weighted by Crippen LogP contribution is 2.22. The van der Waals surface area contributed by atoms with E-state index < -0.39 is 0 Å². The lowest BCUT2D eigenvalue weighted by Gasteiger charge is -2.11. The molecular weight excluding hydrogens is 444 g/mol. The fraction of sp³-hybridized carbons (Fsp3) is 0.148. The predicted octanol–water partition coefficient (Wildman–Crippen LogP) is 5.15. The maximum Gasteiger partial charge on any atom is 0.251 e. The SMILES string of the molecule is Cc1ccc(C)c(NC(=O)CSc2nccn2-c2ccc(C(=O)NCc3ccccc3)cc2)c1. The lowest BCUT2D eigenvalue weighted by Crippen LogP contribution is -2.22. The van der Waals surface area contributed by atoms with Crippen LogP contribution in [0.2, 0.25) is 0 Å². The molecule has 0 bridgehead atoms. The number of hydrogen-bond acceptors (Lipinski definition) is 4. The Morgan fingerprint density at radius 3 is 2.50 bits per heavy atom. The number of nitrogens with zero attached hydrogens (tertiary/aromatic N) is 2. The Kier molecular flexibility index (Phi) is 7.44. The maximum absolute atomic E-state index is 12.5. The highest BCUT2D eigenvalue weighted by molar-refractivity contribution is 7.99. The van der Waals surface area contributed by atoms with Gasteiger partial charge in [0.2, 0.25) is 5.91 Å². The number of hydrogen-bond donors (Lipinski definition) is 2. The van der Waals surface area contributed by atoms with Crippen molar-refractivity contribution in [3.8, 4) is 5.69 Å². The highest BCUT2D eigenvalue weighted by Gasteiger charge is 2.12.